The highest BCUT2D eigenvalue weighted by atomic mass is 16.5. The Morgan fingerprint density at radius 2 is 2.26 bits per heavy atom. The van der Waals surface area contributed by atoms with Crippen LogP contribution in [0.25, 0.3) is 0 Å². The summed E-state index contributed by atoms with van der Waals surface area (Å²) in [4.78, 5) is 22.0. The van der Waals surface area contributed by atoms with E-state index in [1.165, 1.54) is 7.11 Å². The van der Waals surface area contributed by atoms with Crippen molar-refractivity contribution >= 4 is 12.0 Å². The van der Waals surface area contributed by atoms with Crippen molar-refractivity contribution in [3.05, 3.63) is 18.0 Å². The summed E-state index contributed by atoms with van der Waals surface area (Å²) in [6.07, 6.45) is 1.08. The van der Waals surface area contributed by atoms with Crippen molar-refractivity contribution in [3.8, 4) is 0 Å². The minimum Gasteiger partial charge on any atom is -0.481 e. The molecule has 0 bridgehead atoms. The maximum absolute atomic E-state index is 11.5. The third-order valence-electron chi connectivity index (χ3n) is 2.42. The topological polar surface area (TPSA) is 105 Å². The van der Waals surface area contributed by atoms with Crippen LogP contribution in [0, 0.1) is 0 Å². The lowest BCUT2D eigenvalue weighted by atomic mass is 10.2. The van der Waals surface area contributed by atoms with Crippen LogP contribution in [0.15, 0.2) is 12.3 Å². The second kappa shape index (κ2) is 7.37. The second-order valence-corrected chi connectivity index (χ2v) is 4.00. The lowest BCUT2D eigenvalue weighted by Gasteiger charge is -2.14. The van der Waals surface area contributed by atoms with Crippen LogP contribution in [0.4, 0.5) is 4.79 Å². The van der Waals surface area contributed by atoms with E-state index in [0.29, 0.717) is 6.54 Å². The molecule has 19 heavy (non-hydrogen) atoms. The van der Waals surface area contributed by atoms with Crippen molar-refractivity contribution in [2.75, 3.05) is 13.7 Å². The smallest absolute Gasteiger partial charge is 0.315 e. The fraction of sp³-hybridized carbons (Fsp3) is 0.545. The number of aliphatic carboxylic acids is 1. The van der Waals surface area contributed by atoms with Crippen molar-refractivity contribution in [2.24, 2.45) is 7.05 Å². The van der Waals surface area contributed by atoms with E-state index in [2.05, 4.69) is 15.7 Å². The van der Waals surface area contributed by atoms with Gasteiger partial charge in [0.25, 0.3) is 0 Å². The maximum Gasteiger partial charge on any atom is 0.315 e. The molecule has 0 radical (unpaired) electrons. The summed E-state index contributed by atoms with van der Waals surface area (Å²) in [7, 11) is 3.19. The zero-order chi connectivity index (χ0) is 14.3. The number of amides is 2. The third kappa shape index (κ3) is 5.87. The molecule has 8 heteroatoms. The minimum absolute atomic E-state index is 0.136. The van der Waals surface area contributed by atoms with Gasteiger partial charge in [0.05, 0.1) is 24.8 Å². The van der Waals surface area contributed by atoms with Crippen molar-refractivity contribution in [3.63, 3.8) is 0 Å². The molecule has 1 unspecified atom stereocenters. The van der Waals surface area contributed by atoms with E-state index in [1.807, 2.05) is 0 Å². The van der Waals surface area contributed by atoms with Gasteiger partial charge in [-0.3, -0.25) is 9.48 Å². The second-order valence-electron chi connectivity index (χ2n) is 4.00. The van der Waals surface area contributed by atoms with Gasteiger partial charge < -0.3 is 20.5 Å². The highest BCUT2D eigenvalue weighted by Gasteiger charge is 2.13. The van der Waals surface area contributed by atoms with Gasteiger partial charge in [-0.05, 0) is 6.07 Å². The molecule has 1 rings (SSSR count). The molecule has 1 heterocycles. The first-order chi connectivity index (χ1) is 9.01. The molecular formula is C11H18N4O4. The number of hydrogen-bond donors (Lipinski definition) is 3. The number of ether oxygens (including phenoxy) is 1. The molecule has 1 atom stereocenters. The number of urea groups is 1. The van der Waals surface area contributed by atoms with Crippen molar-refractivity contribution in [2.45, 2.75) is 19.1 Å². The van der Waals surface area contributed by atoms with Crippen LogP contribution in [-0.2, 0) is 23.1 Å². The summed E-state index contributed by atoms with van der Waals surface area (Å²) in [5, 5.41) is 17.9. The first-order valence-corrected chi connectivity index (χ1v) is 5.76. The van der Waals surface area contributed by atoms with Gasteiger partial charge in [-0.25, -0.2) is 4.79 Å². The summed E-state index contributed by atoms with van der Waals surface area (Å²) < 4.78 is 6.58. The van der Waals surface area contributed by atoms with Crippen LogP contribution in [0.5, 0.6) is 0 Å². The van der Waals surface area contributed by atoms with Crippen LogP contribution in [-0.4, -0.2) is 46.6 Å². The minimum atomic E-state index is -0.970. The van der Waals surface area contributed by atoms with Gasteiger partial charge >= 0.3 is 12.0 Å². The first-order valence-electron chi connectivity index (χ1n) is 5.76. The number of carboxylic acid groups (broad SMARTS) is 1. The molecule has 8 nitrogen and oxygen atoms in total. The SMILES string of the molecule is COC(CNC(=O)NCc1ccn(C)n1)CC(=O)O. The summed E-state index contributed by atoms with van der Waals surface area (Å²) in [5.41, 5.74) is 0.742. The van der Waals surface area contributed by atoms with Crippen molar-refractivity contribution in [1.82, 2.24) is 20.4 Å². The summed E-state index contributed by atoms with van der Waals surface area (Å²) in [5.74, 6) is -0.970. The average Bonchev–Trinajstić information content (AvgIpc) is 2.77. The number of carboxylic acids is 1. The lowest BCUT2D eigenvalue weighted by Crippen LogP contribution is -2.40. The van der Waals surface area contributed by atoms with E-state index in [1.54, 1.807) is 24.0 Å². The molecule has 0 saturated carbocycles. The predicted molar refractivity (Wildman–Crippen MR) is 66.5 cm³/mol. The van der Waals surface area contributed by atoms with Gasteiger partial charge in [0.1, 0.15) is 0 Å². The van der Waals surface area contributed by atoms with Crippen molar-refractivity contribution < 1.29 is 19.4 Å². The molecule has 2 amide bonds. The lowest BCUT2D eigenvalue weighted by molar-refractivity contribution is -0.139. The molecule has 0 fully saturated rings. The molecule has 0 aromatic carbocycles. The average molecular weight is 270 g/mol. The van der Waals surface area contributed by atoms with E-state index >= 15 is 0 Å². The number of carbonyl (C=O) groups excluding carboxylic acids is 1. The molecule has 0 aliphatic carbocycles. The Morgan fingerprint density at radius 1 is 1.53 bits per heavy atom. The van der Waals surface area contributed by atoms with E-state index in [-0.39, 0.29) is 13.0 Å². The Hall–Kier alpha value is -2.09. The standard InChI is InChI=1S/C11H18N4O4/c1-15-4-3-8(14-15)6-12-11(18)13-7-9(19-2)5-10(16)17/h3-4,9H,5-7H2,1-2H3,(H,16,17)(H2,12,13,18). The Balaban J connectivity index is 2.25. The number of nitrogens with zero attached hydrogens (tertiary/aromatic N) is 2. The molecule has 1 aromatic rings. The van der Waals surface area contributed by atoms with Gasteiger partial charge in [-0.2, -0.15) is 5.10 Å². The monoisotopic (exact) mass is 270 g/mol. The Labute approximate surface area is 110 Å². The van der Waals surface area contributed by atoms with Crippen LogP contribution in [0.2, 0.25) is 0 Å². The van der Waals surface area contributed by atoms with Crippen LogP contribution in [0.1, 0.15) is 12.1 Å². The Kier molecular flexibility index (Phi) is 5.80. The predicted octanol–water partition coefficient (Wildman–Crippen LogP) is -0.291. The molecule has 106 valence electrons. The summed E-state index contributed by atoms with van der Waals surface area (Å²) in [6.45, 7) is 0.445. The molecule has 0 spiro atoms. The quantitative estimate of drug-likeness (QED) is 0.631. The van der Waals surface area contributed by atoms with Crippen LogP contribution < -0.4 is 10.6 Å². The normalized spacial score (nSPS) is 11.9. The Bertz CT molecular complexity index is 432. The number of aromatic nitrogens is 2. The molecule has 3 N–H and O–H groups in total. The maximum atomic E-state index is 11.5. The van der Waals surface area contributed by atoms with Gasteiger partial charge in [0, 0.05) is 26.9 Å². The molecule has 0 aliphatic heterocycles. The summed E-state index contributed by atoms with van der Waals surface area (Å²) in [6, 6.07) is 1.40. The van der Waals surface area contributed by atoms with Gasteiger partial charge in [0.15, 0.2) is 0 Å². The highest BCUT2D eigenvalue weighted by Crippen LogP contribution is 1.96. The number of carbonyl (C=O) groups is 2. The van der Waals surface area contributed by atoms with Crippen LogP contribution in [0.3, 0.4) is 0 Å². The number of nitrogens with one attached hydrogen (secondary N) is 2. The number of hydrogen-bond acceptors (Lipinski definition) is 4. The summed E-state index contributed by atoms with van der Waals surface area (Å²) >= 11 is 0. The van der Waals surface area contributed by atoms with Gasteiger partial charge in [-0.1, -0.05) is 0 Å². The number of methoxy groups -OCH3 is 1. The fourth-order valence-electron chi connectivity index (χ4n) is 1.43. The van der Waals surface area contributed by atoms with E-state index < -0.39 is 18.1 Å². The van der Waals surface area contributed by atoms with E-state index in [0.717, 1.165) is 5.69 Å². The zero-order valence-corrected chi connectivity index (χ0v) is 10.9. The van der Waals surface area contributed by atoms with Gasteiger partial charge in [0.2, 0.25) is 0 Å². The molecule has 0 aliphatic rings. The molecule has 0 saturated heterocycles. The van der Waals surface area contributed by atoms with E-state index in [9.17, 15) is 9.59 Å². The van der Waals surface area contributed by atoms with E-state index in [4.69, 9.17) is 9.84 Å². The van der Waals surface area contributed by atoms with Crippen molar-refractivity contribution in [1.29, 1.82) is 0 Å². The third-order valence-corrected chi connectivity index (χ3v) is 2.42. The van der Waals surface area contributed by atoms with Gasteiger partial charge in [-0.15, -0.1) is 0 Å². The van der Waals surface area contributed by atoms with Crippen LogP contribution >= 0.6 is 0 Å². The Morgan fingerprint density at radius 3 is 2.79 bits per heavy atom. The highest BCUT2D eigenvalue weighted by molar-refractivity contribution is 5.74. The zero-order valence-electron chi connectivity index (χ0n) is 10.9. The number of aryl methyl sites for hydroxylation is 1. The number of rotatable bonds is 7. The fourth-order valence-corrected chi connectivity index (χ4v) is 1.43. The molecule has 1 aromatic heterocycles. The first kappa shape index (κ1) is 15.0. The largest absolute Gasteiger partial charge is 0.481 e. The molecular weight excluding hydrogens is 252 g/mol.